The number of hydrogen-bond acceptors (Lipinski definition) is 5. The Bertz CT molecular complexity index is 717. The Hall–Kier alpha value is -2.54. The molecule has 24 heavy (non-hydrogen) atoms. The van der Waals surface area contributed by atoms with E-state index in [2.05, 4.69) is 5.32 Å². The second-order valence-corrected chi connectivity index (χ2v) is 6.36. The standard InChI is InChI=1S/C17H18N2O4S/c1-22-15-7-3-2-5-12(15)9-18-16(20)14-11-23-17(21)19(14)10-13-6-4-8-24-13/h2-8,14H,9-11H2,1H3,(H,18,20)/t14-/m0/s1. The first-order chi connectivity index (χ1) is 11.7. The number of carbonyl (C=O) groups is 2. The van der Waals surface area contributed by atoms with Crippen molar-refractivity contribution in [2.45, 2.75) is 19.1 Å². The third-order valence-electron chi connectivity index (χ3n) is 3.83. The van der Waals surface area contributed by atoms with E-state index in [-0.39, 0.29) is 12.5 Å². The van der Waals surface area contributed by atoms with E-state index >= 15 is 0 Å². The predicted octanol–water partition coefficient (Wildman–Crippen LogP) is 2.39. The van der Waals surface area contributed by atoms with Gasteiger partial charge in [0.15, 0.2) is 0 Å². The van der Waals surface area contributed by atoms with Crippen molar-refractivity contribution in [2.24, 2.45) is 0 Å². The van der Waals surface area contributed by atoms with E-state index in [1.165, 1.54) is 4.90 Å². The number of thiophene rings is 1. The summed E-state index contributed by atoms with van der Waals surface area (Å²) in [7, 11) is 1.59. The minimum atomic E-state index is -0.616. The largest absolute Gasteiger partial charge is 0.496 e. The highest BCUT2D eigenvalue weighted by atomic mass is 32.1. The minimum Gasteiger partial charge on any atom is -0.496 e. The van der Waals surface area contributed by atoms with E-state index < -0.39 is 12.1 Å². The highest BCUT2D eigenvalue weighted by Crippen LogP contribution is 2.20. The van der Waals surface area contributed by atoms with Crippen LogP contribution in [0.2, 0.25) is 0 Å². The summed E-state index contributed by atoms with van der Waals surface area (Å²) >= 11 is 1.54. The van der Waals surface area contributed by atoms with E-state index in [1.807, 2.05) is 41.8 Å². The van der Waals surface area contributed by atoms with Crippen LogP contribution in [0.4, 0.5) is 4.79 Å². The molecule has 1 aromatic carbocycles. The fourth-order valence-electron chi connectivity index (χ4n) is 2.56. The van der Waals surface area contributed by atoms with Crippen molar-refractivity contribution in [1.82, 2.24) is 10.2 Å². The minimum absolute atomic E-state index is 0.0714. The average Bonchev–Trinajstić information content (AvgIpc) is 3.24. The second-order valence-electron chi connectivity index (χ2n) is 5.33. The Morgan fingerprint density at radius 2 is 2.21 bits per heavy atom. The lowest BCUT2D eigenvalue weighted by Gasteiger charge is -2.20. The van der Waals surface area contributed by atoms with Crippen molar-refractivity contribution in [1.29, 1.82) is 0 Å². The Morgan fingerprint density at radius 3 is 2.96 bits per heavy atom. The summed E-state index contributed by atoms with van der Waals surface area (Å²) in [4.78, 5) is 26.9. The summed E-state index contributed by atoms with van der Waals surface area (Å²) in [6.07, 6.45) is -0.458. The third kappa shape index (κ3) is 3.51. The summed E-state index contributed by atoms with van der Waals surface area (Å²) in [6, 6.07) is 10.7. The number of benzene rings is 1. The number of hydrogen-bond donors (Lipinski definition) is 1. The number of para-hydroxylation sites is 1. The molecule has 2 aromatic rings. The molecule has 0 spiro atoms. The lowest BCUT2D eigenvalue weighted by Crippen LogP contribution is -2.45. The van der Waals surface area contributed by atoms with Gasteiger partial charge in [-0.05, 0) is 17.5 Å². The predicted molar refractivity (Wildman–Crippen MR) is 89.8 cm³/mol. The van der Waals surface area contributed by atoms with Gasteiger partial charge < -0.3 is 14.8 Å². The third-order valence-corrected chi connectivity index (χ3v) is 4.69. The van der Waals surface area contributed by atoms with Gasteiger partial charge in [-0.2, -0.15) is 0 Å². The Balaban J connectivity index is 1.64. The van der Waals surface area contributed by atoms with Crippen molar-refractivity contribution in [3.63, 3.8) is 0 Å². The van der Waals surface area contributed by atoms with Crippen molar-refractivity contribution >= 4 is 23.3 Å². The molecular formula is C17H18N2O4S. The van der Waals surface area contributed by atoms with Gasteiger partial charge >= 0.3 is 6.09 Å². The molecule has 2 heterocycles. The number of ether oxygens (including phenoxy) is 2. The summed E-state index contributed by atoms with van der Waals surface area (Å²) in [5, 5.41) is 4.79. The fraction of sp³-hybridized carbons (Fsp3) is 0.294. The molecule has 1 fully saturated rings. The fourth-order valence-corrected chi connectivity index (χ4v) is 3.26. The Labute approximate surface area is 144 Å². The van der Waals surface area contributed by atoms with Gasteiger partial charge in [-0.25, -0.2) is 4.79 Å². The van der Waals surface area contributed by atoms with Crippen molar-refractivity contribution in [2.75, 3.05) is 13.7 Å². The van der Waals surface area contributed by atoms with Gasteiger partial charge in [0, 0.05) is 17.0 Å². The number of cyclic esters (lactones) is 1. The summed E-state index contributed by atoms with van der Waals surface area (Å²) in [5.41, 5.74) is 0.878. The van der Waals surface area contributed by atoms with E-state index in [1.54, 1.807) is 18.4 Å². The summed E-state index contributed by atoms with van der Waals surface area (Å²) < 4.78 is 10.3. The second kappa shape index (κ2) is 7.35. The smallest absolute Gasteiger partial charge is 0.410 e. The van der Waals surface area contributed by atoms with Crippen molar-refractivity contribution in [3.05, 3.63) is 52.2 Å². The zero-order valence-electron chi connectivity index (χ0n) is 13.2. The van der Waals surface area contributed by atoms with Crippen LogP contribution in [0.15, 0.2) is 41.8 Å². The zero-order chi connectivity index (χ0) is 16.9. The van der Waals surface area contributed by atoms with Gasteiger partial charge in [0.25, 0.3) is 0 Å². The monoisotopic (exact) mass is 346 g/mol. The molecule has 0 radical (unpaired) electrons. The van der Waals surface area contributed by atoms with Crippen LogP contribution in [0.1, 0.15) is 10.4 Å². The van der Waals surface area contributed by atoms with Crippen LogP contribution in [-0.4, -0.2) is 36.7 Å². The molecule has 3 rings (SSSR count). The van der Waals surface area contributed by atoms with Gasteiger partial charge in [-0.15, -0.1) is 11.3 Å². The molecule has 6 nitrogen and oxygen atoms in total. The first-order valence-corrected chi connectivity index (χ1v) is 8.42. The highest BCUT2D eigenvalue weighted by molar-refractivity contribution is 7.09. The highest BCUT2D eigenvalue weighted by Gasteiger charge is 2.38. The average molecular weight is 346 g/mol. The molecular weight excluding hydrogens is 328 g/mol. The topological polar surface area (TPSA) is 67.9 Å². The summed E-state index contributed by atoms with van der Waals surface area (Å²) in [5.74, 6) is 0.482. The van der Waals surface area contributed by atoms with E-state index in [0.29, 0.717) is 18.8 Å². The van der Waals surface area contributed by atoms with Crippen LogP contribution in [0, 0.1) is 0 Å². The Kier molecular flexibility index (Phi) is 5.00. The van der Waals surface area contributed by atoms with Gasteiger partial charge in [0.05, 0.1) is 13.7 Å². The summed E-state index contributed by atoms with van der Waals surface area (Å²) in [6.45, 7) is 0.783. The molecule has 1 aromatic heterocycles. The van der Waals surface area contributed by atoms with Crippen molar-refractivity contribution < 1.29 is 19.1 Å². The maximum Gasteiger partial charge on any atom is 0.410 e. The van der Waals surface area contributed by atoms with E-state index in [9.17, 15) is 9.59 Å². The normalized spacial score (nSPS) is 16.8. The first kappa shape index (κ1) is 16.3. The quantitative estimate of drug-likeness (QED) is 0.872. The van der Waals surface area contributed by atoms with Crippen LogP contribution in [0.5, 0.6) is 5.75 Å². The molecule has 0 unspecified atom stereocenters. The number of carbonyl (C=O) groups excluding carboxylic acids is 2. The van der Waals surface area contributed by atoms with Gasteiger partial charge in [0.1, 0.15) is 18.4 Å². The number of amides is 2. The van der Waals surface area contributed by atoms with Crippen LogP contribution in [-0.2, 0) is 22.6 Å². The van der Waals surface area contributed by atoms with Crippen molar-refractivity contribution in [3.8, 4) is 5.75 Å². The molecule has 1 aliphatic heterocycles. The maximum absolute atomic E-state index is 12.5. The number of methoxy groups -OCH3 is 1. The molecule has 1 atom stereocenters. The van der Waals surface area contributed by atoms with E-state index in [0.717, 1.165) is 10.4 Å². The Morgan fingerprint density at radius 1 is 1.38 bits per heavy atom. The van der Waals surface area contributed by atoms with E-state index in [4.69, 9.17) is 9.47 Å². The lowest BCUT2D eigenvalue weighted by molar-refractivity contribution is -0.125. The molecule has 1 saturated heterocycles. The molecule has 1 N–H and O–H groups in total. The zero-order valence-corrected chi connectivity index (χ0v) is 14.0. The SMILES string of the molecule is COc1ccccc1CNC(=O)[C@@H]1COC(=O)N1Cc1cccs1. The maximum atomic E-state index is 12.5. The number of nitrogens with zero attached hydrogens (tertiary/aromatic N) is 1. The molecule has 7 heteroatoms. The van der Waals surface area contributed by atoms with Gasteiger partial charge in [-0.3, -0.25) is 9.69 Å². The van der Waals surface area contributed by atoms with Gasteiger partial charge in [0.2, 0.25) is 5.91 Å². The van der Waals surface area contributed by atoms with Gasteiger partial charge in [-0.1, -0.05) is 24.3 Å². The van der Waals surface area contributed by atoms with Crippen LogP contribution < -0.4 is 10.1 Å². The molecule has 2 amide bonds. The first-order valence-electron chi connectivity index (χ1n) is 7.54. The molecule has 0 aliphatic carbocycles. The van der Waals surface area contributed by atoms with Crippen LogP contribution in [0.3, 0.4) is 0 Å². The number of nitrogens with one attached hydrogen (secondary N) is 1. The lowest BCUT2D eigenvalue weighted by atomic mass is 10.2. The molecule has 1 aliphatic rings. The molecule has 126 valence electrons. The molecule has 0 saturated carbocycles. The van der Waals surface area contributed by atoms with Crippen LogP contribution >= 0.6 is 11.3 Å². The number of rotatable bonds is 6. The molecule has 0 bridgehead atoms. The van der Waals surface area contributed by atoms with Crippen LogP contribution in [0.25, 0.3) is 0 Å².